The molecule has 0 saturated carbocycles. The molecule has 4 rings (SSSR count). The molecular formula is C20H19F3N6O3S. The minimum Gasteiger partial charge on any atom is -0.382 e. The van der Waals surface area contributed by atoms with Gasteiger partial charge in [0.15, 0.2) is 5.13 Å². The maximum Gasteiger partial charge on any atom is 0.272 e. The molecule has 33 heavy (non-hydrogen) atoms. The Hall–Kier alpha value is -3.45. The average Bonchev–Trinajstić information content (AvgIpc) is 3.34. The maximum atomic E-state index is 13.4. The molecule has 0 aliphatic carbocycles. The molecule has 1 amide bonds. The van der Waals surface area contributed by atoms with Gasteiger partial charge in [-0.15, -0.1) is 0 Å². The lowest BCUT2D eigenvalue weighted by Crippen LogP contribution is -2.55. The van der Waals surface area contributed by atoms with Crippen LogP contribution in [-0.4, -0.2) is 51.8 Å². The van der Waals surface area contributed by atoms with Gasteiger partial charge in [0.1, 0.15) is 22.6 Å². The molecule has 3 aromatic rings. The van der Waals surface area contributed by atoms with Crippen molar-refractivity contribution in [2.45, 2.75) is 25.4 Å². The zero-order valence-corrected chi connectivity index (χ0v) is 18.1. The van der Waals surface area contributed by atoms with E-state index in [-0.39, 0.29) is 41.2 Å². The summed E-state index contributed by atoms with van der Waals surface area (Å²) in [6.07, 6.45) is 0. The number of carbonyl (C=O) groups is 2. The van der Waals surface area contributed by atoms with Crippen molar-refractivity contribution < 1.29 is 27.3 Å². The number of likely N-dealkylation sites (tertiary alicyclic amines) is 1. The van der Waals surface area contributed by atoms with Crippen LogP contribution in [0.2, 0.25) is 0 Å². The van der Waals surface area contributed by atoms with Gasteiger partial charge in [0, 0.05) is 18.3 Å². The van der Waals surface area contributed by atoms with Crippen LogP contribution in [0, 0.1) is 5.82 Å². The Labute approximate surface area is 189 Å². The van der Waals surface area contributed by atoms with Gasteiger partial charge in [-0.05, 0) is 31.2 Å². The third-order valence-electron chi connectivity index (χ3n) is 5.04. The first-order valence-electron chi connectivity index (χ1n) is 9.75. The number of amides is 1. The lowest BCUT2D eigenvalue weighted by atomic mass is 10.1. The lowest BCUT2D eigenvalue weighted by molar-refractivity contribution is -0.134. The second-order valence-electron chi connectivity index (χ2n) is 7.65. The highest BCUT2D eigenvalue weighted by Gasteiger charge is 2.43. The van der Waals surface area contributed by atoms with Crippen molar-refractivity contribution in [3.8, 4) is 0 Å². The highest BCUT2D eigenvalue weighted by molar-refractivity contribution is 7.18. The molecule has 1 aromatic carbocycles. The average molecular weight is 480 g/mol. The molecule has 1 atom stereocenters. The second-order valence-corrected chi connectivity index (χ2v) is 8.63. The Balaban J connectivity index is 1.58. The molecule has 0 unspecified atom stereocenters. The van der Waals surface area contributed by atoms with Crippen molar-refractivity contribution >= 4 is 39.7 Å². The second kappa shape index (κ2) is 8.48. The minimum absolute atomic E-state index is 0.0342. The first-order valence-corrected chi connectivity index (χ1v) is 10.6. The predicted molar refractivity (Wildman–Crippen MR) is 114 cm³/mol. The molecule has 1 aliphatic heterocycles. The van der Waals surface area contributed by atoms with Crippen LogP contribution in [0.3, 0.4) is 0 Å². The van der Waals surface area contributed by atoms with Crippen LogP contribution in [0.15, 0.2) is 34.9 Å². The SMILES string of the molecule is C[C@H](C(N)=O)N(c1ccc(F)cc1)c1nc(N)c(C(=O)c2cc(CN3CC(F)(F)C3)no2)s1. The van der Waals surface area contributed by atoms with Crippen molar-refractivity contribution in [2.24, 2.45) is 5.73 Å². The molecule has 1 aliphatic rings. The summed E-state index contributed by atoms with van der Waals surface area (Å²) in [4.78, 5) is 32.0. The van der Waals surface area contributed by atoms with Gasteiger partial charge in [-0.3, -0.25) is 14.5 Å². The summed E-state index contributed by atoms with van der Waals surface area (Å²) in [5.74, 6) is -4.69. The van der Waals surface area contributed by atoms with Crippen molar-refractivity contribution in [3.05, 3.63) is 52.5 Å². The Morgan fingerprint density at radius 1 is 1.30 bits per heavy atom. The molecule has 13 heteroatoms. The summed E-state index contributed by atoms with van der Waals surface area (Å²) in [6.45, 7) is 0.883. The summed E-state index contributed by atoms with van der Waals surface area (Å²) in [5.41, 5.74) is 12.2. The highest BCUT2D eigenvalue weighted by Crippen LogP contribution is 2.36. The van der Waals surface area contributed by atoms with E-state index in [1.807, 2.05) is 0 Å². The Bertz CT molecular complexity index is 1190. The van der Waals surface area contributed by atoms with E-state index in [0.29, 0.717) is 11.4 Å². The number of halogens is 3. The van der Waals surface area contributed by atoms with E-state index in [2.05, 4.69) is 10.1 Å². The van der Waals surface area contributed by atoms with Crippen molar-refractivity contribution in [2.75, 3.05) is 23.7 Å². The summed E-state index contributed by atoms with van der Waals surface area (Å²) < 4.78 is 44.5. The van der Waals surface area contributed by atoms with Gasteiger partial charge in [0.05, 0.1) is 18.8 Å². The van der Waals surface area contributed by atoms with Crippen LogP contribution in [-0.2, 0) is 11.3 Å². The quantitative estimate of drug-likeness (QED) is 0.470. The number of anilines is 3. The van der Waals surface area contributed by atoms with Crippen molar-refractivity contribution in [3.63, 3.8) is 0 Å². The first-order chi connectivity index (χ1) is 15.5. The Morgan fingerprint density at radius 2 is 1.97 bits per heavy atom. The number of hydrogen-bond donors (Lipinski definition) is 2. The van der Waals surface area contributed by atoms with Crippen molar-refractivity contribution in [1.29, 1.82) is 0 Å². The highest BCUT2D eigenvalue weighted by atomic mass is 32.1. The smallest absolute Gasteiger partial charge is 0.272 e. The van der Waals surface area contributed by atoms with Crippen LogP contribution in [0.25, 0.3) is 0 Å². The van der Waals surface area contributed by atoms with Crippen molar-refractivity contribution in [1.82, 2.24) is 15.0 Å². The number of nitrogens with zero attached hydrogens (tertiary/aromatic N) is 4. The van der Waals surface area contributed by atoms with Gasteiger partial charge in [-0.25, -0.2) is 18.2 Å². The van der Waals surface area contributed by atoms with E-state index in [9.17, 15) is 22.8 Å². The summed E-state index contributed by atoms with van der Waals surface area (Å²) in [5, 5.41) is 3.96. The fourth-order valence-corrected chi connectivity index (χ4v) is 4.40. The van der Waals surface area contributed by atoms with E-state index >= 15 is 0 Å². The predicted octanol–water partition coefficient (Wildman–Crippen LogP) is 2.55. The number of rotatable bonds is 8. The van der Waals surface area contributed by atoms with E-state index in [1.165, 1.54) is 47.1 Å². The fourth-order valence-electron chi connectivity index (χ4n) is 3.37. The Kier molecular flexibility index (Phi) is 5.84. The third kappa shape index (κ3) is 4.68. The molecule has 1 fully saturated rings. The maximum absolute atomic E-state index is 13.4. The van der Waals surface area contributed by atoms with Gasteiger partial charge in [-0.1, -0.05) is 16.5 Å². The number of thiazole rings is 1. The Morgan fingerprint density at radius 3 is 2.58 bits per heavy atom. The van der Waals surface area contributed by atoms with Gasteiger partial charge in [0.25, 0.3) is 5.92 Å². The number of nitrogens with two attached hydrogens (primary N) is 2. The van der Waals surface area contributed by atoms with Crippen LogP contribution in [0.5, 0.6) is 0 Å². The standard InChI is InChI=1S/C20H19F3N6O3S/c1-10(18(25)31)29(13-4-2-11(21)3-5-13)19-26-17(24)16(33-19)15(30)14-6-12(27-32-14)7-28-8-20(22,23)9-28/h2-6,10H,7-9,24H2,1H3,(H2,25,31)/t10-/m1/s1. The summed E-state index contributed by atoms with van der Waals surface area (Å²) >= 11 is 0.895. The number of ketones is 1. The summed E-state index contributed by atoms with van der Waals surface area (Å²) in [6, 6.07) is 5.79. The zero-order chi connectivity index (χ0) is 23.9. The van der Waals surface area contributed by atoms with Crippen LogP contribution in [0.1, 0.15) is 28.0 Å². The number of alkyl halides is 2. The van der Waals surface area contributed by atoms with E-state index in [4.69, 9.17) is 16.0 Å². The topological polar surface area (TPSA) is 132 Å². The largest absolute Gasteiger partial charge is 0.382 e. The minimum atomic E-state index is -2.71. The van der Waals surface area contributed by atoms with Crippen LogP contribution < -0.4 is 16.4 Å². The number of carbonyl (C=O) groups excluding carboxylic acids is 2. The van der Waals surface area contributed by atoms with Crippen LogP contribution >= 0.6 is 11.3 Å². The molecule has 4 N–H and O–H groups in total. The molecule has 1 saturated heterocycles. The van der Waals surface area contributed by atoms with Gasteiger partial charge in [0.2, 0.25) is 17.5 Å². The number of hydrogen-bond acceptors (Lipinski definition) is 9. The number of primary amides is 1. The van der Waals surface area contributed by atoms with E-state index < -0.39 is 29.5 Å². The summed E-state index contributed by atoms with van der Waals surface area (Å²) in [7, 11) is 0. The molecule has 0 spiro atoms. The zero-order valence-electron chi connectivity index (χ0n) is 17.3. The monoisotopic (exact) mass is 480 g/mol. The molecule has 174 valence electrons. The van der Waals surface area contributed by atoms with E-state index in [0.717, 1.165) is 11.3 Å². The van der Waals surface area contributed by atoms with Gasteiger partial charge in [-0.2, -0.15) is 0 Å². The molecule has 9 nitrogen and oxygen atoms in total. The number of aromatic nitrogens is 2. The fraction of sp³-hybridized carbons (Fsp3) is 0.300. The molecule has 3 heterocycles. The van der Waals surface area contributed by atoms with E-state index in [1.54, 1.807) is 0 Å². The number of benzene rings is 1. The van der Waals surface area contributed by atoms with Crippen LogP contribution in [0.4, 0.5) is 29.8 Å². The molecule has 2 aromatic heterocycles. The van der Waals surface area contributed by atoms with Gasteiger partial charge >= 0.3 is 0 Å². The number of nitrogen functional groups attached to an aromatic ring is 1. The normalized spacial score (nSPS) is 16.2. The first kappa shape index (κ1) is 22.7. The third-order valence-corrected chi connectivity index (χ3v) is 6.11. The molecule has 0 bridgehead atoms. The molecule has 0 radical (unpaired) electrons. The molecular weight excluding hydrogens is 461 g/mol. The van der Waals surface area contributed by atoms with Gasteiger partial charge < -0.3 is 20.9 Å². The lowest BCUT2D eigenvalue weighted by Gasteiger charge is -2.37.